The van der Waals surface area contributed by atoms with Gasteiger partial charge in [-0.2, -0.15) is 0 Å². The van der Waals surface area contributed by atoms with Crippen LogP contribution in [0.5, 0.6) is 11.6 Å². The topological polar surface area (TPSA) is 102 Å². The van der Waals surface area contributed by atoms with Gasteiger partial charge in [0.15, 0.2) is 5.78 Å². The van der Waals surface area contributed by atoms with Crippen LogP contribution < -0.4 is 9.46 Å². The molecule has 0 bridgehead atoms. The molecule has 8 heteroatoms. The van der Waals surface area contributed by atoms with Crippen LogP contribution in [0.1, 0.15) is 46.0 Å². The van der Waals surface area contributed by atoms with E-state index in [2.05, 4.69) is 11.9 Å². The van der Waals surface area contributed by atoms with E-state index in [0.717, 1.165) is 28.7 Å². The molecule has 0 saturated heterocycles. The third kappa shape index (κ3) is 5.70. The summed E-state index contributed by atoms with van der Waals surface area (Å²) in [5.41, 5.74) is 5.24. The Labute approximate surface area is 217 Å². The smallest absolute Gasteiger partial charge is 0.270 e. The number of carbonyl (C=O) groups excluding carboxylic acids is 2. The van der Waals surface area contributed by atoms with Crippen LogP contribution in [0, 0.1) is 20.8 Å². The monoisotopic (exact) mass is 516 g/mol. The molecule has 3 aromatic rings. The fourth-order valence-electron chi connectivity index (χ4n) is 4.18. The molecule has 37 heavy (non-hydrogen) atoms. The SMILES string of the molecule is CCc1ccc(-c2ccc(C(=O)NS(=O)(=O)C3=CC=CCC3=O)c(Oc3c(C)cc(C)cc3C)n2)cc1. The van der Waals surface area contributed by atoms with E-state index < -0.39 is 26.6 Å². The fraction of sp³-hybridized carbons (Fsp3) is 0.207. The average molecular weight is 517 g/mol. The first-order valence-electron chi connectivity index (χ1n) is 11.9. The molecular formula is C29H28N2O5S. The van der Waals surface area contributed by atoms with Crippen molar-refractivity contribution >= 4 is 21.7 Å². The molecule has 2 aromatic carbocycles. The summed E-state index contributed by atoms with van der Waals surface area (Å²) in [5.74, 6) is -1.04. The molecule has 0 atom stereocenters. The minimum Gasteiger partial charge on any atom is -0.438 e. The predicted molar refractivity (Wildman–Crippen MR) is 143 cm³/mol. The number of carbonyl (C=O) groups is 2. The summed E-state index contributed by atoms with van der Waals surface area (Å²) < 4.78 is 33.8. The number of benzene rings is 2. The van der Waals surface area contributed by atoms with Crippen LogP contribution in [0.3, 0.4) is 0 Å². The Morgan fingerprint density at radius 3 is 2.32 bits per heavy atom. The number of ether oxygens (including phenoxy) is 1. The Kier molecular flexibility index (Phi) is 7.40. The van der Waals surface area contributed by atoms with E-state index >= 15 is 0 Å². The van der Waals surface area contributed by atoms with E-state index in [1.807, 2.05) is 61.9 Å². The van der Waals surface area contributed by atoms with Gasteiger partial charge in [0, 0.05) is 12.0 Å². The van der Waals surface area contributed by atoms with Gasteiger partial charge in [0.2, 0.25) is 5.88 Å². The van der Waals surface area contributed by atoms with Gasteiger partial charge in [-0.1, -0.05) is 61.0 Å². The fourth-order valence-corrected chi connectivity index (χ4v) is 5.29. The summed E-state index contributed by atoms with van der Waals surface area (Å²) in [6.45, 7) is 7.83. The van der Waals surface area contributed by atoms with E-state index in [0.29, 0.717) is 11.4 Å². The van der Waals surface area contributed by atoms with Crippen molar-refractivity contribution in [2.24, 2.45) is 0 Å². The summed E-state index contributed by atoms with van der Waals surface area (Å²) >= 11 is 0. The summed E-state index contributed by atoms with van der Waals surface area (Å²) in [7, 11) is -4.38. The van der Waals surface area contributed by atoms with Crippen LogP contribution in [-0.4, -0.2) is 25.1 Å². The van der Waals surface area contributed by atoms with Crippen molar-refractivity contribution in [3.05, 3.63) is 99.5 Å². The molecule has 0 fully saturated rings. The van der Waals surface area contributed by atoms with Gasteiger partial charge in [-0.3, -0.25) is 9.59 Å². The second-order valence-corrected chi connectivity index (χ2v) is 10.6. The van der Waals surface area contributed by atoms with Gasteiger partial charge in [0.25, 0.3) is 15.9 Å². The second kappa shape index (κ2) is 10.5. The number of ketones is 1. The second-order valence-electron chi connectivity index (χ2n) is 8.95. The average Bonchev–Trinajstić information content (AvgIpc) is 2.86. The zero-order valence-corrected chi connectivity index (χ0v) is 22.0. The number of amides is 1. The van der Waals surface area contributed by atoms with Crippen LogP contribution in [0.15, 0.2) is 71.7 Å². The van der Waals surface area contributed by atoms with Gasteiger partial charge in [0.1, 0.15) is 16.2 Å². The highest BCUT2D eigenvalue weighted by Gasteiger charge is 2.29. The Bertz CT molecular complexity index is 1530. The van der Waals surface area contributed by atoms with Crippen molar-refractivity contribution in [3.8, 4) is 22.9 Å². The lowest BCUT2D eigenvalue weighted by molar-refractivity contribution is -0.114. The van der Waals surface area contributed by atoms with Crippen molar-refractivity contribution < 1.29 is 22.7 Å². The maximum Gasteiger partial charge on any atom is 0.270 e. The molecule has 1 aliphatic carbocycles. The lowest BCUT2D eigenvalue weighted by atomic mass is 10.1. The largest absolute Gasteiger partial charge is 0.438 e. The first-order chi connectivity index (χ1) is 17.6. The molecule has 1 aromatic heterocycles. The van der Waals surface area contributed by atoms with E-state index in [1.165, 1.54) is 23.8 Å². The highest BCUT2D eigenvalue weighted by atomic mass is 32.2. The maximum atomic E-state index is 13.2. The van der Waals surface area contributed by atoms with Gasteiger partial charge >= 0.3 is 0 Å². The molecule has 1 heterocycles. The van der Waals surface area contributed by atoms with Crippen LogP contribution in [-0.2, 0) is 21.2 Å². The molecule has 0 aliphatic heterocycles. The molecule has 0 saturated carbocycles. The van der Waals surface area contributed by atoms with Gasteiger partial charge in [-0.25, -0.2) is 18.1 Å². The molecule has 0 radical (unpaired) electrons. The van der Waals surface area contributed by atoms with E-state index in [4.69, 9.17) is 4.74 Å². The van der Waals surface area contributed by atoms with Crippen molar-refractivity contribution in [2.75, 3.05) is 0 Å². The quantitative estimate of drug-likeness (QED) is 0.445. The van der Waals surface area contributed by atoms with Crippen LogP contribution in [0.25, 0.3) is 11.3 Å². The summed E-state index contributed by atoms with van der Waals surface area (Å²) in [6.07, 6.45) is 5.05. The number of Topliss-reactive ketones (excluding diaryl/α,β-unsaturated/α-hetero) is 1. The molecular weight excluding hydrogens is 488 g/mol. The number of allylic oxidation sites excluding steroid dienone is 4. The van der Waals surface area contributed by atoms with E-state index in [-0.39, 0.29) is 17.9 Å². The van der Waals surface area contributed by atoms with Gasteiger partial charge < -0.3 is 4.74 Å². The normalized spacial score (nSPS) is 13.3. The van der Waals surface area contributed by atoms with Gasteiger partial charge in [0.05, 0.1) is 5.69 Å². The van der Waals surface area contributed by atoms with Crippen molar-refractivity contribution in [1.29, 1.82) is 0 Å². The molecule has 7 nitrogen and oxygen atoms in total. The Balaban J connectivity index is 1.76. The molecule has 1 amide bonds. The zero-order valence-electron chi connectivity index (χ0n) is 21.2. The number of hydrogen-bond donors (Lipinski definition) is 1. The lowest BCUT2D eigenvalue weighted by Crippen LogP contribution is -2.34. The standard InChI is InChI=1S/C29H28N2O5S/c1-5-21-10-12-22(13-11-21)24-15-14-23(28(33)31-37(34,35)26-9-7-6-8-25(26)32)29(30-24)36-27-19(3)16-18(2)17-20(27)4/h6-7,9-17H,5,8H2,1-4H3,(H,31,33). The number of aryl methyl sites for hydroxylation is 4. The molecule has 190 valence electrons. The van der Waals surface area contributed by atoms with Gasteiger partial charge in [-0.05, 0) is 62.1 Å². The highest BCUT2D eigenvalue weighted by Crippen LogP contribution is 2.33. The van der Waals surface area contributed by atoms with Crippen LogP contribution >= 0.6 is 0 Å². The first-order valence-corrected chi connectivity index (χ1v) is 13.4. The van der Waals surface area contributed by atoms with Crippen LogP contribution in [0.2, 0.25) is 0 Å². The minimum absolute atomic E-state index is 0.0383. The molecule has 0 unspecified atom stereocenters. The van der Waals surface area contributed by atoms with Crippen molar-refractivity contribution in [3.63, 3.8) is 0 Å². The predicted octanol–water partition coefficient (Wildman–Crippen LogP) is 5.50. The molecule has 1 aliphatic rings. The van der Waals surface area contributed by atoms with Crippen molar-refractivity contribution in [2.45, 2.75) is 40.5 Å². The lowest BCUT2D eigenvalue weighted by Gasteiger charge is -2.16. The first kappa shape index (κ1) is 26.0. The number of sulfonamides is 1. The summed E-state index contributed by atoms with van der Waals surface area (Å²) in [6, 6.07) is 14.9. The number of nitrogens with one attached hydrogen (secondary N) is 1. The number of nitrogens with zero attached hydrogens (tertiary/aromatic N) is 1. The molecule has 4 rings (SSSR count). The Hall–Kier alpha value is -4.04. The van der Waals surface area contributed by atoms with E-state index in [9.17, 15) is 18.0 Å². The molecule has 1 N–H and O–H groups in total. The highest BCUT2D eigenvalue weighted by molar-refractivity contribution is 7.95. The summed E-state index contributed by atoms with van der Waals surface area (Å²) in [4.78, 5) is 29.5. The summed E-state index contributed by atoms with van der Waals surface area (Å²) in [5, 5.41) is 0. The Morgan fingerprint density at radius 1 is 1.03 bits per heavy atom. The number of pyridine rings is 1. The Morgan fingerprint density at radius 2 is 1.70 bits per heavy atom. The third-order valence-electron chi connectivity index (χ3n) is 6.04. The zero-order chi connectivity index (χ0) is 26.7. The number of aromatic nitrogens is 1. The van der Waals surface area contributed by atoms with Gasteiger partial charge in [-0.15, -0.1) is 0 Å². The van der Waals surface area contributed by atoms with Crippen LogP contribution in [0.4, 0.5) is 0 Å². The van der Waals surface area contributed by atoms with Crippen molar-refractivity contribution in [1.82, 2.24) is 9.71 Å². The third-order valence-corrected chi connectivity index (χ3v) is 7.44. The minimum atomic E-state index is -4.38. The molecule has 0 spiro atoms. The number of rotatable bonds is 7. The number of hydrogen-bond acceptors (Lipinski definition) is 6. The maximum absolute atomic E-state index is 13.2. The van der Waals surface area contributed by atoms with E-state index in [1.54, 1.807) is 12.1 Å².